The topological polar surface area (TPSA) is 78.9 Å². The summed E-state index contributed by atoms with van der Waals surface area (Å²) in [5.41, 5.74) is 0.937. The molecule has 6 nitrogen and oxygen atoms in total. The molecule has 0 rings (SSSR count). The fourth-order valence-corrected chi connectivity index (χ4v) is 1.18. The Morgan fingerprint density at radius 1 is 1.44 bits per heavy atom. The first-order valence-electron chi connectivity index (χ1n) is 5.86. The number of carbonyl (C=O) groups excluding carboxylic acids is 1. The molecule has 0 radical (unpaired) electrons. The van der Waals surface area contributed by atoms with Gasteiger partial charge in [-0.05, 0) is 13.3 Å². The Balaban J connectivity index is 3.55. The number of amides is 2. The van der Waals surface area contributed by atoms with Crippen molar-refractivity contribution in [1.82, 2.24) is 10.2 Å². The molecule has 0 aromatic rings. The molecule has 0 spiro atoms. The van der Waals surface area contributed by atoms with Gasteiger partial charge in [-0.15, -0.1) is 0 Å². The highest BCUT2D eigenvalue weighted by Crippen LogP contribution is 1.93. The van der Waals surface area contributed by atoms with Crippen LogP contribution in [0.3, 0.4) is 0 Å². The Morgan fingerprint density at radius 3 is 2.67 bits per heavy atom. The van der Waals surface area contributed by atoms with Crippen molar-refractivity contribution in [3.63, 3.8) is 0 Å². The average Bonchev–Trinajstić information content (AvgIpc) is 2.27. The van der Waals surface area contributed by atoms with Gasteiger partial charge in [0.2, 0.25) is 0 Å². The number of urea groups is 1. The van der Waals surface area contributed by atoms with Crippen molar-refractivity contribution < 1.29 is 19.4 Å². The minimum atomic E-state index is -0.850. The summed E-state index contributed by atoms with van der Waals surface area (Å²) >= 11 is 0. The largest absolute Gasteiger partial charge is 0.481 e. The number of ether oxygens (including phenoxy) is 1. The van der Waals surface area contributed by atoms with E-state index >= 15 is 0 Å². The van der Waals surface area contributed by atoms with Crippen molar-refractivity contribution in [2.75, 3.05) is 33.4 Å². The van der Waals surface area contributed by atoms with Crippen LogP contribution in [-0.2, 0) is 9.53 Å². The molecule has 104 valence electrons. The van der Waals surface area contributed by atoms with Crippen molar-refractivity contribution in [3.8, 4) is 0 Å². The lowest BCUT2D eigenvalue weighted by molar-refractivity contribution is -0.137. The molecule has 0 saturated heterocycles. The Kier molecular flexibility index (Phi) is 8.65. The van der Waals surface area contributed by atoms with E-state index in [0.29, 0.717) is 32.7 Å². The predicted octanol–water partition coefficient (Wildman–Crippen LogP) is 1.09. The number of aliphatic carboxylic acids is 1. The van der Waals surface area contributed by atoms with Crippen LogP contribution in [0.1, 0.15) is 19.8 Å². The van der Waals surface area contributed by atoms with Crippen molar-refractivity contribution in [1.29, 1.82) is 0 Å². The lowest BCUT2D eigenvalue weighted by atomic mass is 10.3. The zero-order chi connectivity index (χ0) is 14.0. The van der Waals surface area contributed by atoms with Crippen LogP contribution in [0.4, 0.5) is 4.79 Å². The minimum Gasteiger partial charge on any atom is -0.481 e. The third-order valence-electron chi connectivity index (χ3n) is 2.10. The van der Waals surface area contributed by atoms with Gasteiger partial charge in [0, 0.05) is 26.6 Å². The van der Waals surface area contributed by atoms with Gasteiger partial charge in [-0.25, -0.2) is 4.79 Å². The number of carboxylic acid groups (broad SMARTS) is 1. The molecule has 0 atom stereocenters. The van der Waals surface area contributed by atoms with Crippen LogP contribution in [0.2, 0.25) is 0 Å². The fraction of sp³-hybridized carbons (Fsp3) is 0.667. The van der Waals surface area contributed by atoms with Crippen LogP contribution in [0.25, 0.3) is 0 Å². The number of nitrogens with zero attached hydrogens (tertiary/aromatic N) is 1. The molecule has 2 amide bonds. The van der Waals surface area contributed by atoms with E-state index in [1.165, 1.54) is 4.90 Å². The van der Waals surface area contributed by atoms with Crippen molar-refractivity contribution in [2.24, 2.45) is 0 Å². The summed E-state index contributed by atoms with van der Waals surface area (Å²) in [5.74, 6) is -0.850. The molecule has 0 bridgehead atoms. The molecule has 0 aliphatic carbocycles. The number of rotatable bonds is 9. The highest BCUT2D eigenvalue weighted by atomic mass is 16.5. The Bertz CT molecular complexity index is 292. The van der Waals surface area contributed by atoms with Crippen LogP contribution < -0.4 is 5.32 Å². The first-order chi connectivity index (χ1) is 8.43. The van der Waals surface area contributed by atoms with E-state index in [0.717, 1.165) is 5.57 Å². The molecular weight excluding hydrogens is 236 g/mol. The quantitative estimate of drug-likeness (QED) is 0.479. The summed E-state index contributed by atoms with van der Waals surface area (Å²) in [7, 11) is 1.63. The third kappa shape index (κ3) is 9.65. The van der Waals surface area contributed by atoms with E-state index in [-0.39, 0.29) is 12.5 Å². The number of hydrogen-bond donors (Lipinski definition) is 2. The number of nitrogens with one attached hydrogen (secondary N) is 1. The van der Waals surface area contributed by atoms with E-state index < -0.39 is 5.97 Å². The van der Waals surface area contributed by atoms with Gasteiger partial charge < -0.3 is 20.1 Å². The number of hydrogen-bond acceptors (Lipinski definition) is 3. The second kappa shape index (κ2) is 9.47. The zero-order valence-corrected chi connectivity index (χ0v) is 11.1. The first-order valence-corrected chi connectivity index (χ1v) is 5.86. The molecular formula is C12H22N2O4. The molecule has 0 saturated carbocycles. The van der Waals surface area contributed by atoms with Crippen LogP contribution in [-0.4, -0.2) is 55.4 Å². The normalized spacial score (nSPS) is 9.89. The standard InChI is InChI=1S/C12H22N2O4/c1-10(2)9-18-8-6-13-12(17)14(3)7-4-5-11(15)16/h1,4-9H2,2-3H3,(H,13,17)(H,15,16). The van der Waals surface area contributed by atoms with Crippen molar-refractivity contribution in [2.45, 2.75) is 19.8 Å². The van der Waals surface area contributed by atoms with Gasteiger partial charge in [0.1, 0.15) is 0 Å². The van der Waals surface area contributed by atoms with E-state index in [1.807, 2.05) is 6.92 Å². The molecule has 2 N–H and O–H groups in total. The Hall–Kier alpha value is -1.56. The maximum Gasteiger partial charge on any atom is 0.317 e. The molecule has 0 fully saturated rings. The minimum absolute atomic E-state index is 0.0688. The van der Waals surface area contributed by atoms with Gasteiger partial charge in [0.15, 0.2) is 0 Å². The second-order valence-electron chi connectivity index (χ2n) is 4.16. The van der Waals surface area contributed by atoms with Gasteiger partial charge in [0.25, 0.3) is 0 Å². The van der Waals surface area contributed by atoms with Crippen molar-refractivity contribution >= 4 is 12.0 Å². The summed E-state index contributed by atoms with van der Waals surface area (Å²) < 4.78 is 5.23. The summed E-state index contributed by atoms with van der Waals surface area (Å²) in [6.07, 6.45) is 0.519. The Morgan fingerprint density at radius 2 is 2.11 bits per heavy atom. The van der Waals surface area contributed by atoms with Crippen LogP contribution in [0.5, 0.6) is 0 Å². The van der Waals surface area contributed by atoms with Gasteiger partial charge in [-0.1, -0.05) is 12.2 Å². The Labute approximate surface area is 108 Å². The first kappa shape index (κ1) is 16.4. The van der Waals surface area contributed by atoms with Gasteiger partial charge in [0.05, 0.1) is 13.2 Å². The molecule has 18 heavy (non-hydrogen) atoms. The zero-order valence-electron chi connectivity index (χ0n) is 11.1. The maximum absolute atomic E-state index is 11.5. The smallest absolute Gasteiger partial charge is 0.317 e. The molecule has 0 unspecified atom stereocenters. The lowest BCUT2D eigenvalue weighted by Crippen LogP contribution is -2.39. The van der Waals surface area contributed by atoms with Crippen LogP contribution in [0, 0.1) is 0 Å². The molecule has 0 heterocycles. The van der Waals surface area contributed by atoms with E-state index in [4.69, 9.17) is 9.84 Å². The van der Waals surface area contributed by atoms with E-state index in [9.17, 15) is 9.59 Å². The predicted molar refractivity (Wildman–Crippen MR) is 68.5 cm³/mol. The second-order valence-corrected chi connectivity index (χ2v) is 4.16. The summed E-state index contributed by atoms with van der Waals surface area (Å²) in [6.45, 7) is 7.34. The summed E-state index contributed by atoms with van der Waals surface area (Å²) in [6, 6.07) is -0.223. The lowest BCUT2D eigenvalue weighted by Gasteiger charge is -2.17. The van der Waals surface area contributed by atoms with Gasteiger partial charge in [-0.3, -0.25) is 4.79 Å². The van der Waals surface area contributed by atoms with E-state index in [1.54, 1.807) is 7.05 Å². The average molecular weight is 258 g/mol. The summed E-state index contributed by atoms with van der Waals surface area (Å²) in [5, 5.41) is 11.1. The fourth-order valence-electron chi connectivity index (χ4n) is 1.18. The van der Waals surface area contributed by atoms with Crippen LogP contribution >= 0.6 is 0 Å². The van der Waals surface area contributed by atoms with Crippen molar-refractivity contribution in [3.05, 3.63) is 12.2 Å². The van der Waals surface area contributed by atoms with Gasteiger partial charge >= 0.3 is 12.0 Å². The molecule has 0 aromatic carbocycles. The summed E-state index contributed by atoms with van der Waals surface area (Å²) in [4.78, 5) is 23.3. The van der Waals surface area contributed by atoms with Crippen LogP contribution in [0.15, 0.2) is 12.2 Å². The number of carbonyl (C=O) groups is 2. The number of carboxylic acids is 1. The maximum atomic E-state index is 11.5. The highest BCUT2D eigenvalue weighted by molar-refractivity contribution is 5.73. The van der Waals surface area contributed by atoms with E-state index in [2.05, 4.69) is 11.9 Å². The van der Waals surface area contributed by atoms with Gasteiger partial charge in [-0.2, -0.15) is 0 Å². The highest BCUT2D eigenvalue weighted by Gasteiger charge is 2.07. The molecule has 0 aromatic heterocycles. The molecule has 0 aliphatic rings. The molecule has 6 heteroatoms. The third-order valence-corrected chi connectivity index (χ3v) is 2.10. The monoisotopic (exact) mass is 258 g/mol. The SMILES string of the molecule is C=C(C)COCCNC(=O)N(C)CCCC(=O)O. The molecule has 0 aliphatic heterocycles.